The van der Waals surface area contributed by atoms with E-state index in [4.69, 9.17) is 9.47 Å². The minimum Gasteiger partial charge on any atom is -0.497 e. The lowest BCUT2D eigenvalue weighted by Crippen LogP contribution is -2.27. The van der Waals surface area contributed by atoms with Crippen LogP contribution in [-0.2, 0) is 0 Å². The SMILES string of the molecule is COc1ccc(OC)c(C(C)NC(=O)c2cc(F)ccc2F)c1. The van der Waals surface area contributed by atoms with Crippen LogP contribution in [0.4, 0.5) is 8.78 Å². The van der Waals surface area contributed by atoms with Gasteiger partial charge >= 0.3 is 0 Å². The van der Waals surface area contributed by atoms with Gasteiger partial charge in [0.2, 0.25) is 0 Å². The molecule has 1 N–H and O–H groups in total. The Balaban J connectivity index is 2.26. The van der Waals surface area contributed by atoms with Crippen LogP contribution in [0.5, 0.6) is 11.5 Å². The normalized spacial score (nSPS) is 11.7. The lowest BCUT2D eigenvalue weighted by Gasteiger charge is -2.18. The fourth-order valence-electron chi connectivity index (χ4n) is 2.20. The van der Waals surface area contributed by atoms with E-state index in [0.29, 0.717) is 17.1 Å². The average Bonchev–Trinajstić information content (AvgIpc) is 2.56. The Kier molecular flexibility index (Phi) is 5.16. The van der Waals surface area contributed by atoms with Gasteiger partial charge in [-0.25, -0.2) is 8.78 Å². The highest BCUT2D eigenvalue weighted by Gasteiger charge is 2.18. The number of hydrogen-bond donors (Lipinski definition) is 1. The third-order valence-electron chi connectivity index (χ3n) is 3.42. The van der Waals surface area contributed by atoms with Gasteiger partial charge in [-0.15, -0.1) is 0 Å². The van der Waals surface area contributed by atoms with Crippen LogP contribution in [0.1, 0.15) is 28.9 Å². The van der Waals surface area contributed by atoms with Gasteiger partial charge in [0, 0.05) is 5.56 Å². The summed E-state index contributed by atoms with van der Waals surface area (Å²) in [6.07, 6.45) is 0. The molecule has 1 amide bonds. The maximum atomic E-state index is 13.7. The fourth-order valence-corrected chi connectivity index (χ4v) is 2.20. The smallest absolute Gasteiger partial charge is 0.254 e. The van der Waals surface area contributed by atoms with Crippen LogP contribution >= 0.6 is 0 Å². The molecule has 0 aliphatic rings. The molecule has 0 radical (unpaired) electrons. The van der Waals surface area contributed by atoms with Crippen molar-refractivity contribution < 1.29 is 23.0 Å². The van der Waals surface area contributed by atoms with E-state index in [1.807, 2.05) is 0 Å². The lowest BCUT2D eigenvalue weighted by molar-refractivity contribution is 0.0935. The first-order valence-corrected chi connectivity index (χ1v) is 6.94. The number of benzene rings is 2. The summed E-state index contributed by atoms with van der Waals surface area (Å²) < 4.78 is 37.3. The van der Waals surface area contributed by atoms with Crippen LogP contribution in [0.15, 0.2) is 36.4 Å². The summed E-state index contributed by atoms with van der Waals surface area (Å²) in [6.45, 7) is 1.71. The zero-order chi connectivity index (χ0) is 17.0. The molecule has 0 heterocycles. The fraction of sp³-hybridized carbons (Fsp3) is 0.235. The number of ether oxygens (including phenoxy) is 2. The van der Waals surface area contributed by atoms with E-state index in [1.54, 1.807) is 25.1 Å². The van der Waals surface area contributed by atoms with Gasteiger partial charge in [-0.1, -0.05) is 0 Å². The summed E-state index contributed by atoms with van der Waals surface area (Å²) >= 11 is 0. The second kappa shape index (κ2) is 7.09. The number of rotatable bonds is 5. The predicted octanol–water partition coefficient (Wildman–Crippen LogP) is 3.47. The number of nitrogens with one attached hydrogen (secondary N) is 1. The van der Waals surface area contributed by atoms with E-state index in [0.717, 1.165) is 18.2 Å². The second-order valence-electron chi connectivity index (χ2n) is 4.93. The zero-order valence-electron chi connectivity index (χ0n) is 13.0. The molecule has 2 rings (SSSR count). The highest BCUT2D eigenvalue weighted by atomic mass is 19.1. The number of methoxy groups -OCH3 is 2. The van der Waals surface area contributed by atoms with Crippen molar-refractivity contribution in [2.75, 3.05) is 14.2 Å². The Morgan fingerprint density at radius 2 is 1.83 bits per heavy atom. The molecule has 0 aliphatic carbocycles. The van der Waals surface area contributed by atoms with E-state index in [9.17, 15) is 13.6 Å². The summed E-state index contributed by atoms with van der Waals surface area (Å²) in [5.41, 5.74) is 0.315. The van der Waals surface area contributed by atoms with Crippen molar-refractivity contribution in [1.82, 2.24) is 5.32 Å². The number of amides is 1. The summed E-state index contributed by atoms with van der Waals surface area (Å²) in [5, 5.41) is 2.63. The molecular weight excluding hydrogens is 304 g/mol. The molecule has 0 aromatic heterocycles. The van der Waals surface area contributed by atoms with Crippen molar-refractivity contribution in [3.63, 3.8) is 0 Å². The molecule has 0 saturated carbocycles. The Morgan fingerprint density at radius 3 is 2.48 bits per heavy atom. The molecule has 2 aromatic carbocycles. The maximum Gasteiger partial charge on any atom is 0.254 e. The highest BCUT2D eigenvalue weighted by Crippen LogP contribution is 2.29. The van der Waals surface area contributed by atoms with E-state index >= 15 is 0 Å². The molecular formula is C17H17F2NO3. The van der Waals surface area contributed by atoms with Gasteiger partial charge in [-0.3, -0.25) is 4.79 Å². The first kappa shape index (κ1) is 16.7. The number of carbonyl (C=O) groups excluding carboxylic acids is 1. The highest BCUT2D eigenvalue weighted by molar-refractivity contribution is 5.94. The summed E-state index contributed by atoms with van der Waals surface area (Å²) in [4.78, 5) is 12.2. The van der Waals surface area contributed by atoms with Crippen LogP contribution in [-0.4, -0.2) is 20.1 Å². The first-order valence-electron chi connectivity index (χ1n) is 6.94. The molecule has 6 heteroatoms. The van der Waals surface area contributed by atoms with Gasteiger partial charge in [0.25, 0.3) is 5.91 Å². The second-order valence-corrected chi connectivity index (χ2v) is 4.93. The third-order valence-corrected chi connectivity index (χ3v) is 3.42. The van der Waals surface area contributed by atoms with Crippen LogP contribution in [0.25, 0.3) is 0 Å². The molecule has 122 valence electrons. The molecule has 0 fully saturated rings. The van der Waals surface area contributed by atoms with E-state index in [1.165, 1.54) is 14.2 Å². The van der Waals surface area contributed by atoms with E-state index < -0.39 is 23.6 Å². The van der Waals surface area contributed by atoms with E-state index in [-0.39, 0.29) is 5.56 Å². The topological polar surface area (TPSA) is 47.6 Å². The summed E-state index contributed by atoms with van der Waals surface area (Å²) in [7, 11) is 3.03. The third kappa shape index (κ3) is 3.77. The largest absolute Gasteiger partial charge is 0.497 e. The van der Waals surface area contributed by atoms with Crippen molar-refractivity contribution in [1.29, 1.82) is 0 Å². The van der Waals surface area contributed by atoms with Crippen molar-refractivity contribution in [3.8, 4) is 11.5 Å². The van der Waals surface area contributed by atoms with Crippen molar-refractivity contribution in [3.05, 3.63) is 59.2 Å². The quantitative estimate of drug-likeness (QED) is 0.917. The Hall–Kier alpha value is -2.63. The zero-order valence-corrected chi connectivity index (χ0v) is 13.0. The summed E-state index contributed by atoms with van der Waals surface area (Å²) in [6, 6.07) is 7.39. The van der Waals surface area contributed by atoms with Crippen LogP contribution < -0.4 is 14.8 Å². The van der Waals surface area contributed by atoms with Crippen molar-refractivity contribution >= 4 is 5.91 Å². The predicted molar refractivity (Wildman–Crippen MR) is 81.8 cm³/mol. The van der Waals surface area contributed by atoms with Gasteiger partial charge in [-0.2, -0.15) is 0 Å². The van der Waals surface area contributed by atoms with Gasteiger partial charge < -0.3 is 14.8 Å². The molecule has 0 bridgehead atoms. The van der Waals surface area contributed by atoms with Gasteiger partial charge in [0.15, 0.2) is 0 Å². The lowest BCUT2D eigenvalue weighted by atomic mass is 10.1. The molecule has 4 nitrogen and oxygen atoms in total. The molecule has 0 aliphatic heterocycles. The standard InChI is InChI=1S/C17H17F2NO3/c1-10(13-9-12(22-2)5-7-16(13)23-3)20-17(21)14-8-11(18)4-6-15(14)19/h4-10H,1-3H3,(H,20,21). The maximum absolute atomic E-state index is 13.7. The Labute approximate surface area is 133 Å². The Morgan fingerprint density at radius 1 is 1.09 bits per heavy atom. The average molecular weight is 321 g/mol. The molecule has 1 atom stereocenters. The van der Waals surface area contributed by atoms with Crippen LogP contribution in [0, 0.1) is 11.6 Å². The van der Waals surface area contributed by atoms with Gasteiger partial charge in [0.05, 0.1) is 25.8 Å². The molecule has 1 unspecified atom stereocenters. The van der Waals surface area contributed by atoms with Crippen LogP contribution in [0.3, 0.4) is 0 Å². The Bertz CT molecular complexity index is 719. The number of carbonyl (C=O) groups is 1. The van der Waals surface area contributed by atoms with Crippen molar-refractivity contribution in [2.45, 2.75) is 13.0 Å². The molecule has 2 aromatic rings. The number of halogens is 2. The molecule has 0 saturated heterocycles. The molecule has 23 heavy (non-hydrogen) atoms. The van der Waals surface area contributed by atoms with E-state index in [2.05, 4.69) is 5.32 Å². The van der Waals surface area contributed by atoms with Crippen LogP contribution in [0.2, 0.25) is 0 Å². The molecule has 0 spiro atoms. The van der Waals surface area contributed by atoms with Crippen molar-refractivity contribution in [2.24, 2.45) is 0 Å². The minimum absolute atomic E-state index is 0.348. The monoisotopic (exact) mass is 321 g/mol. The minimum atomic E-state index is -0.784. The number of hydrogen-bond acceptors (Lipinski definition) is 3. The van der Waals surface area contributed by atoms with Gasteiger partial charge in [0.1, 0.15) is 23.1 Å². The van der Waals surface area contributed by atoms with Gasteiger partial charge in [-0.05, 0) is 43.3 Å². The summed E-state index contributed by atoms with van der Waals surface area (Å²) in [5.74, 6) is -1.02. The first-order chi connectivity index (χ1) is 11.0.